The largest absolute Gasteiger partial charge is 0.512 e. The summed E-state index contributed by atoms with van der Waals surface area (Å²) in [6, 6.07) is 3.47. The third-order valence-corrected chi connectivity index (χ3v) is 5.99. The molecule has 1 aliphatic carbocycles. The zero-order chi connectivity index (χ0) is 21.2. The molecule has 0 aromatic heterocycles. The molecule has 3 amide bonds. The van der Waals surface area contributed by atoms with Gasteiger partial charge in [-0.1, -0.05) is 5.92 Å². The first kappa shape index (κ1) is 20.7. The summed E-state index contributed by atoms with van der Waals surface area (Å²) in [5.41, 5.74) is 3.63. The number of aryl methyl sites for hydroxylation is 2. The Hall–Kier alpha value is -3.07. The third kappa shape index (κ3) is 4.04. The summed E-state index contributed by atoms with van der Waals surface area (Å²) in [5.74, 6) is 6.00. The van der Waals surface area contributed by atoms with Gasteiger partial charge in [-0.2, -0.15) is 0 Å². The van der Waals surface area contributed by atoms with E-state index in [-0.39, 0.29) is 17.0 Å². The lowest BCUT2D eigenvalue weighted by Gasteiger charge is -2.43. The first-order valence-electron chi connectivity index (χ1n) is 9.79. The summed E-state index contributed by atoms with van der Waals surface area (Å²) < 4.78 is 0. The molecule has 1 aromatic rings. The second-order valence-electron chi connectivity index (χ2n) is 8.01. The van der Waals surface area contributed by atoms with Crippen LogP contribution >= 0.6 is 0 Å². The molecular formula is C23H26N2O4. The molecule has 1 saturated heterocycles. The van der Waals surface area contributed by atoms with Crippen molar-refractivity contribution in [3.05, 3.63) is 40.1 Å². The first-order valence-corrected chi connectivity index (χ1v) is 9.79. The number of aliphatic hydroxyl groups excluding tert-OH is 1. The van der Waals surface area contributed by atoms with E-state index < -0.39 is 6.03 Å². The molecule has 1 fully saturated rings. The number of aliphatic hydroxyl groups is 1. The third-order valence-electron chi connectivity index (χ3n) is 5.99. The number of hydrogen-bond acceptors (Lipinski definition) is 4. The number of nitrogens with zero attached hydrogens (tertiary/aromatic N) is 1. The van der Waals surface area contributed by atoms with Crippen molar-refractivity contribution in [3.63, 3.8) is 0 Å². The van der Waals surface area contributed by atoms with Crippen LogP contribution in [-0.4, -0.2) is 41.3 Å². The van der Waals surface area contributed by atoms with E-state index in [0.717, 1.165) is 22.3 Å². The number of carbonyl (C=O) groups excluding carboxylic acids is 3. The van der Waals surface area contributed by atoms with Crippen molar-refractivity contribution in [2.45, 2.75) is 46.5 Å². The number of urea groups is 1. The van der Waals surface area contributed by atoms with Gasteiger partial charge in [-0.25, -0.2) is 4.79 Å². The number of amides is 3. The number of Topliss-reactive ketones (excluding diaryl/α,β-unsaturated/α-hetero) is 1. The summed E-state index contributed by atoms with van der Waals surface area (Å²) >= 11 is 0. The van der Waals surface area contributed by atoms with Gasteiger partial charge in [-0.05, 0) is 67.9 Å². The van der Waals surface area contributed by atoms with Gasteiger partial charge in [0.2, 0.25) is 6.41 Å². The van der Waals surface area contributed by atoms with Gasteiger partial charge in [0.25, 0.3) is 0 Å². The second-order valence-corrected chi connectivity index (χ2v) is 8.01. The number of carbonyl (C=O) groups is 3. The zero-order valence-corrected chi connectivity index (χ0v) is 17.1. The smallest absolute Gasteiger partial charge is 0.323 e. The van der Waals surface area contributed by atoms with Crippen molar-refractivity contribution < 1.29 is 19.5 Å². The van der Waals surface area contributed by atoms with E-state index >= 15 is 0 Å². The predicted molar refractivity (Wildman–Crippen MR) is 110 cm³/mol. The van der Waals surface area contributed by atoms with Crippen LogP contribution in [0.3, 0.4) is 0 Å². The SMILES string of the molecule is CC#Cc1cc(C)c(C2=C(O)CC3(CCN(C(=O)NC=O)CC3)CC2=O)c(C)c1. The molecule has 1 aliphatic heterocycles. The average Bonchev–Trinajstić information content (AvgIpc) is 2.64. The van der Waals surface area contributed by atoms with E-state index in [4.69, 9.17) is 0 Å². The van der Waals surface area contributed by atoms with Gasteiger partial charge >= 0.3 is 6.03 Å². The van der Waals surface area contributed by atoms with E-state index in [9.17, 15) is 19.5 Å². The quantitative estimate of drug-likeness (QED) is 0.595. The zero-order valence-electron chi connectivity index (χ0n) is 17.1. The molecule has 2 aliphatic rings. The van der Waals surface area contributed by atoms with Gasteiger partial charge in [-0.3, -0.25) is 14.9 Å². The standard InChI is InChI=1S/C23H26N2O4/c1-4-5-17-10-15(2)20(16(3)11-17)21-18(27)12-23(13-19(21)28)6-8-25(9-7-23)22(29)24-14-26/h10-11,14,27H,6-9,12-13H2,1-3H3,(H,24,26,29). The maximum Gasteiger partial charge on any atom is 0.323 e. The Morgan fingerprint density at radius 1 is 1.21 bits per heavy atom. The van der Waals surface area contributed by atoms with Crippen molar-refractivity contribution in [1.29, 1.82) is 0 Å². The van der Waals surface area contributed by atoms with Crippen LogP contribution in [0.25, 0.3) is 5.57 Å². The molecule has 1 aromatic carbocycles. The minimum atomic E-state index is -0.418. The normalized spacial score (nSPS) is 18.3. The molecule has 0 saturated carbocycles. The lowest BCUT2D eigenvalue weighted by Crippen LogP contribution is -2.48. The van der Waals surface area contributed by atoms with Crippen LogP contribution in [0, 0.1) is 31.1 Å². The Balaban J connectivity index is 1.86. The Morgan fingerprint density at radius 3 is 2.34 bits per heavy atom. The summed E-state index contributed by atoms with van der Waals surface area (Å²) in [7, 11) is 0. The Bertz CT molecular complexity index is 934. The molecule has 6 nitrogen and oxygen atoms in total. The van der Waals surface area contributed by atoms with Crippen molar-refractivity contribution in [3.8, 4) is 11.8 Å². The molecule has 3 rings (SSSR count). The maximum atomic E-state index is 13.1. The number of ketones is 1. The average molecular weight is 394 g/mol. The summed E-state index contributed by atoms with van der Waals surface area (Å²) in [4.78, 5) is 37.0. The summed E-state index contributed by atoms with van der Waals surface area (Å²) in [5, 5.41) is 13.0. The minimum Gasteiger partial charge on any atom is -0.512 e. The number of hydrogen-bond donors (Lipinski definition) is 2. The molecule has 6 heteroatoms. The Kier molecular flexibility index (Phi) is 5.78. The fourth-order valence-electron chi connectivity index (χ4n) is 4.63. The number of piperidine rings is 1. The van der Waals surface area contributed by atoms with E-state index in [1.807, 2.05) is 26.0 Å². The number of benzene rings is 1. The van der Waals surface area contributed by atoms with E-state index in [0.29, 0.717) is 50.8 Å². The van der Waals surface area contributed by atoms with Crippen LogP contribution in [0.4, 0.5) is 4.79 Å². The number of nitrogens with one attached hydrogen (secondary N) is 1. The van der Waals surface area contributed by atoms with Gasteiger partial charge in [0.1, 0.15) is 5.76 Å². The van der Waals surface area contributed by atoms with Crippen LogP contribution in [-0.2, 0) is 9.59 Å². The maximum absolute atomic E-state index is 13.1. The topological polar surface area (TPSA) is 86.7 Å². The highest BCUT2D eigenvalue weighted by Crippen LogP contribution is 2.47. The van der Waals surface area contributed by atoms with Gasteiger partial charge in [0.05, 0.1) is 5.57 Å². The molecule has 0 bridgehead atoms. The molecule has 2 N–H and O–H groups in total. The van der Waals surface area contributed by atoms with Crippen molar-refractivity contribution in [1.82, 2.24) is 10.2 Å². The first-order chi connectivity index (χ1) is 13.8. The molecule has 0 radical (unpaired) electrons. The fourth-order valence-corrected chi connectivity index (χ4v) is 4.63. The van der Waals surface area contributed by atoms with Crippen molar-refractivity contribution >= 4 is 23.8 Å². The van der Waals surface area contributed by atoms with Crippen LogP contribution in [0.15, 0.2) is 17.9 Å². The summed E-state index contributed by atoms with van der Waals surface area (Å²) in [6.45, 7) is 6.57. The van der Waals surface area contributed by atoms with Crippen LogP contribution in [0.1, 0.15) is 54.9 Å². The molecule has 0 unspecified atom stereocenters. The minimum absolute atomic E-state index is 0.0555. The number of rotatable bonds is 2. The van der Waals surface area contributed by atoms with Crippen LogP contribution in [0.5, 0.6) is 0 Å². The lowest BCUT2D eigenvalue weighted by molar-refractivity contribution is -0.117. The predicted octanol–water partition coefficient (Wildman–Crippen LogP) is 3.26. The molecule has 152 valence electrons. The van der Waals surface area contributed by atoms with Crippen LogP contribution in [0.2, 0.25) is 0 Å². The van der Waals surface area contributed by atoms with Gasteiger partial charge in [-0.15, -0.1) is 5.92 Å². The Labute approximate surface area is 171 Å². The number of allylic oxidation sites excluding steroid dienone is 2. The van der Waals surface area contributed by atoms with Crippen LogP contribution < -0.4 is 5.32 Å². The fraction of sp³-hybridized carbons (Fsp3) is 0.435. The second kappa shape index (κ2) is 8.12. The highest BCUT2D eigenvalue weighted by molar-refractivity contribution is 6.23. The molecule has 29 heavy (non-hydrogen) atoms. The van der Waals surface area contributed by atoms with Gasteiger partial charge < -0.3 is 10.0 Å². The van der Waals surface area contributed by atoms with Gasteiger partial charge in [0.15, 0.2) is 5.78 Å². The highest BCUT2D eigenvalue weighted by atomic mass is 16.3. The molecule has 1 heterocycles. The molecule has 1 spiro atoms. The number of likely N-dealkylation sites (tertiary alicyclic amines) is 1. The van der Waals surface area contributed by atoms with Gasteiger partial charge in [0, 0.05) is 31.5 Å². The Morgan fingerprint density at radius 2 is 1.83 bits per heavy atom. The molecule has 0 atom stereocenters. The van der Waals surface area contributed by atoms with E-state index in [1.165, 1.54) is 0 Å². The van der Waals surface area contributed by atoms with E-state index in [1.54, 1.807) is 11.8 Å². The monoisotopic (exact) mass is 394 g/mol. The number of imide groups is 1. The highest BCUT2D eigenvalue weighted by Gasteiger charge is 2.43. The van der Waals surface area contributed by atoms with Crippen molar-refractivity contribution in [2.75, 3.05) is 13.1 Å². The summed E-state index contributed by atoms with van der Waals surface area (Å²) in [6.07, 6.45) is 2.38. The van der Waals surface area contributed by atoms with Crippen molar-refractivity contribution in [2.24, 2.45) is 5.41 Å². The molecular weight excluding hydrogens is 368 g/mol. The lowest BCUT2D eigenvalue weighted by atomic mass is 9.66. The van der Waals surface area contributed by atoms with E-state index in [2.05, 4.69) is 17.2 Å².